The second-order valence-corrected chi connectivity index (χ2v) is 8.57. The second-order valence-electron chi connectivity index (χ2n) is 6.88. The SMILES string of the molecule is CSc1nc2nc(C)cc(OCC3CN(C(=O)Cc4cncc(Br)c4)CCO3)n2n1. The van der Waals surface area contributed by atoms with Crippen molar-refractivity contribution >= 4 is 39.4 Å². The normalized spacial score (nSPS) is 16.8. The Kier molecular flexibility index (Phi) is 6.49. The van der Waals surface area contributed by atoms with Gasteiger partial charge in [-0.15, -0.1) is 5.10 Å². The van der Waals surface area contributed by atoms with Crippen LogP contribution in [0.3, 0.4) is 0 Å². The van der Waals surface area contributed by atoms with E-state index < -0.39 is 0 Å². The third-order valence-electron chi connectivity index (χ3n) is 4.60. The lowest BCUT2D eigenvalue weighted by Crippen LogP contribution is -2.48. The summed E-state index contributed by atoms with van der Waals surface area (Å²) in [6.45, 7) is 3.70. The molecule has 1 atom stereocenters. The highest BCUT2D eigenvalue weighted by atomic mass is 79.9. The van der Waals surface area contributed by atoms with Crippen LogP contribution in [0.15, 0.2) is 34.2 Å². The first-order valence-electron chi connectivity index (χ1n) is 9.42. The lowest BCUT2D eigenvalue weighted by Gasteiger charge is -2.33. The van der Waals surface area contributed by atoms with Gasteiger partial charge in [0, 0.05) is 35.2 Å². The number of ether oxygens (including phenoxy) is 2. The molecule has 1 aliphatic rings. The largest absolute Gasteiger partial charge is 0.475 e. The zero-order valence-corrected chi connectivity index (χ0v) is 19.0. The molecule has 11 heteroatoms. The zero-order valence-electron chi connectivity index (χ0n) is 16.6. The van der Waals surface area contributed by atoms with Gasteiger partial charge in [-0.05, 0) is 40.7 Å². The summed E-state index contributed by atoms with van der Waals surface area (Å²) in [5.74, 6) is 1.10. The van der Waals surface area contributed by atoms with Gasteiger partial charge in [0.05, 0.1) is 19.6 Å². The minimum atomic E-state index is -0.226. The molecule has 158 valence electrons. The van der Waals surface area contributed by atoms with Crippen LogP contribution in [0.1, 0.15) is 11.3 Å². The number of hydrogen-bond acceptors (Lipinski definition) is 8. The number of hydrogen-bond donors (Lipinski definition) is 0. The number of aromatic nitrogens is 5. The number of pyridine rings is 1. The summed E-state index contributed by atoms with van der Waals surface area (Å²) in [5.41, 5.74) is 1.67. The molecular formula is C19H21BrN6O3S. The summed E-state index contributed by atoms with van der Waals surface area (Å²) in [6, 6.07) is 3.72. The number of thioether (sulfide) groups is 1. The fraction of sp³-hybridized carbons (Fsp3) is 0.421. The van der Waals surface area contributed by atoms with Crippen LogP contribution in [-0.2, 0) is 16.0 Å². The van der Waals surface area contributed by atoms with E-state index >= 15 is 0 Å². The highest BCUT2D eigenvalue weighted by Gasteiger charge is 2.25. The van der Waals surface area contributed by atoms with Gasteiger partial charge in [-0.25, -0.2) is 4.98 Å². The summed E-state index contributed by atoms with van der Waals surface area (Å²) < 4.78 is 14.3. The Morgan fingerprint density at radius 3 is 3.03 bits per heavy atom. The molecule has 0 saturated carbocycles. The monoisotopic (exact) mass is 492 g/mol. The van der Waals surface area contributed by atoms with Gasteiger partial charge >= 0.3 is 0 Å². The number of aryl methyl sites for hydroxylation is 1. The maximum absolute atomic E-state index is 12.7. The Balaban J connectivity index is 1.39. The average molecular weight is 493 g/mol. The Morgan fingerprint density at radius 2 is 2.23 bits per heavy atom. The molecule has 0 N–H and O–H groups in total. The van der Waals surface area contributed by atoms with Gasteiger partial charge in [0.15, 0.2) is 0 Å². The van der Waals surface area contributed by atoms with Gasteiger partial charge in [-0.3, -0.25) is 9.78 Å². The van der Waals surface area contributed by atoms with Crippen LogP contribution >= 0.6 is 27.7 Å². The Bertz CT molecular complexity index is 1060. The van der Waals surface area contributed by atoms with Crippen LogP contribution in [0.4, 0.5) is 0 Å². The number of nitrogens with zero attached hydrogens (tertiary/aromatic N) is 6. The molecule has 30 heavy (non-hydrogen) atoms. The minimum absolute atomic E-state index is 0.0474. The Morgan fingerprint density at radius 1 is 1.37 bits per heavy atom. The molecule has 3 aromatic heterocycles. The maximum Gasteiger partial charge on any atom is 0.256 e. The van der Waals surface area contributed by atoms with Gasteiger partial charge in [0.25, 0.3) is 5.78 Å². The lowest BCUT2D eigenvalue weighted by atomic mass is 10.2. The van der Waals surface area contributed by atoms with Crippen molar-refractivity contribution < 1.29 is 14.3 Å². The first-order valence-corrected chi connectivity index (χ1v) is 11.4. The van der Waals surface area contributed by atoms with E-state index in [-0.39, 0.29) is 12.0 Å². The molecular weight excluding hydrogens is 472 g/mol. The van der Waals surface area contributed by atoms with Crippen molar-refractivity contribution in [3.63, 3.8) is 0 Å². The lowest BCUT2D eigenvalue weighted by molar-refractivity contribution is -0.139. The van der Waals surface area contributed by atoms with Gasteiger partial charge < -0.3 is 14.4 Å². The van der Waals surface area contributed by atoms with Crippen molar-refractivity contribution in [2.24, 2.45) is 0 Å². The van der Waals surface area contributed by atoms with E-state index in [4.69, 9.17) is 9.47 Å². The summed E-state index contributed by atoms with van der Waals surface area (Å²) >= 11 is 4.83. The molecule has 4 heterocycles. The Hall–Kier alpha value is -2.24. The Labute approximate surface area is 186 Å². The fourth-order valence-electron chi connectivity index (χ4n) is 3.19. The van der Waals surface area contributed by atoms with Crippen LogP contribution in [0, 0.1) is 6.92 Å². The van der Waals surface area contributed by atoms with E-state index in [1.54, 1.807) is 16.9 Å². The number of carbonyl (C=O) groups excluding carboxylic acids is 1. The maximum atomic E-state index is 12.7. The first kappa shape index (κ1) is 21.0. The third kappa shape index (κ3) is 4.90. The molecule has 0 radical (unpaired) electrons. The highest BCUT2D eigenvalue weighted by molar-refractivity contribution is 9.10. The van der Waals surface area contributed by atoms with Crippen molar-refractivity contribution in [2.45, 2.75) is 24.6 Å². The first-order chi connectivity index (χ1) is 14.5. The molecule has 0 bridgehead atoms. The fourth-order valence-corrected chi connectivity index (χ4v) is 3.94. The number of halogens is 1. The number of morpholine rings is 1. The molecule has 0 aromatic carbocycles. The van der Waals surface area contributed by atoms with E-state index in [2.05, 4.69) is 36.0 Å². The topological polar surface area (TPSA) is 94.7 Å². The standard InChI is InChI=1S/C19H21BrN6O3S/c1-12-5-17(26-18(22-12)23-19(24-26)30-2)29-11-15-10-25(3-4-28-15)16(27)7-13-6-14(20)9-21-8-13/h5-6,8-9,15H,3-4,7,10-11H2,1-2H3. The van der Waals surface area contributed by atoms with Gasteiger partial charge in [0.1, 0.15) is 12.7 Å². The molecule has 1 fully saturated rings. The number of carbonyl (C=O) groups is 1. The van der Waals surface area contributed by atoms with Gasteiger partial charge in [-0.2, -0.15) is 9.50 Å². The quantitative estimate of drug-likeness (QED) is 0.483. The number of amides is 1. The number of fused-ring (bicyclic) bond motifs is 1. The van der Waals surface area contributed by atoms with Crippen LogP contribution in [-0.4, -0.2) is 74.0 Å². The predicted molar refractivity (Wildman–Crippen MR) is 115 cm³/mol. The highest BCUT2D eigenvalue weighted by Crippen LogP contribution is 2.18. The van der Waals surface area contributed by atoms with E-state index in [9.17, 15) is 4.79 Å². The molecule has 1 unspecified atom stereocenters. The van der Waals surface area contributed by atoms with Gasteiger partial charge in [-0.1, -0.05) is 11.8 Å². The summed E-state index contributed by atoms with van der Waals surface area (Å²) in [4.78, 5) is 27.4. The molecule has 0 spiro atoms. The smallest absolute Gasteiger partial charge is 0.256 e. The van der Waals surface area contributed by atoms with Crippen molar-refractivity contribution in [3.8, 4) is 5.88 Å². The van der Waals surface area contributed by atoms with E-state index in [1.165, 1.54) is 11.8 Å². The number of rotatable bonds is 6. The molecule has 3 aromatic rings. The van der Waals surface area contributed by atoms with Crippen LogP contribution < -0.4 is 4.74 Å². The van der Waals surface area contributed by atoms with Gasteiger partial charge in [0.2, 0.25) is 16.9 Å². The third-order valence-corrected chi connectivity index (χ3v) is 5.57. The van der Waals surface area contributed by atoms with Crippen molar-refractivity contribution in [2.75, 3.05) is 32.6 Å². The molecule has 1 aliphatic heterocycles. The van der Waals surface area contributed by atoms with Crippen molar-refractivity contribution in [1.82, 2.24) is 29.5 Å². The van der Waals surface area contributed by atoms with E-state index in [0.29, 0.717) is 49.5 Å². The molecule has 1 saturated heterocycles. The zero-order chi connectivity index (χ0) is 21.1. The summed E-state index contributed by atoms with van der Waals surface area (Å²) in [7, 11) is 0. The summed E-state index contributed by atoms with van der Waals surface area (Å²) in [6.07, 6.45) is 5.40. The van der Waals surface area contributed by atoms with Crippen LogP contribution in [0.25, 0.3) is 5.78 Å². The van der Waals surface area contributed by atoms with Crippen LogP contribution in [0.2, 0.25) is 0 Å². The molecule has 1 amide bonds. The van der Waals surface area contributed by atoms with E-state index in [1.807, 2.05) is 30.2 Å². The van der Waals surface area contributed by atoms with Crippen LogP contribution in [0.5, 0.6) is 5.88 Å². The molecule has 0 aliphatic carbocycles. The van der Waals surface area contributed by atoms with E-state index in [0.717, 1.165) is 15.7 Å². The summed E-state index contributed by atoms with van der Waals surface area (Å²) in [5, 5.41) is 5.03. The molecule has 4 rings (SSSR count). The van der Waals surface area contributed by atoms with Crippen molar-refractivity contribution in [3.05, 3.63) is 40.3 Å². The predicted octanol–water partition coefficient (Wildman–Crippen LogP) is 2.16. The second kappa shape index (κ2) is 9.27. The average Bonchev–Trinajstić information content (AvgIpc) is 3.15. The minimum Gasteiger partial charge on any atom is -0.475 e. The molecule has 9 nitrogen and oxygen atoms in total. The van der Waals surface area contributed by atoms with Crippen molar-refractivity contribution in [1.29, 1.82) is 0 Å².